The largest absolute Gasteiger partial charge is 0.496 e. The molecule has 0 unspecified atom stereocenters. The van der Waals surface area contributed by atoms with Crippen molar-refractivity contribution in [1.29, 1.82) is 0 Å². The molecule has 8 heteroatoms. The van der Waals surface area contributed by atoms with E-state index >= 15 is 0 Å². The second kappa shape index (κ2) is 9.74. The average molecular weight is 523 g/mol. The SMILES string of the molecule is COc1cc(Cl)ccc1C(=O)Nc1ccc(C(=O)N2Cc3ccsc3Cc3ccccc32)c(Cl)c1. The van der Waals surface area contributed by atoms with Gasteiger partial charge in [-0.1, -0.05) is 41.4 Å². The van der Waals surface area contributed by atoms with E-state index in [4.69, 9.17) is 27.9 Å². The number of fused-ring (bicyclic) bond motifs is 2. The lowest BCUT2D eigenvalue weighted by molar-refractivity contribution is 0.0984. The standard InChI is InChI=1S/C27H20Cl2N2O3S/c1-34-24-13-18(28)6-8-21(24)26(32)30-19-7-9-20(22(29)14-19)27(33)31-15-17-10-11-35-25(17)12-16-4-2-3-5-23(16)31/h2-11,13-14H,12,15H2,1H3,(H,30,32). The van der Waals surface area contributed by atoms with Crippen molar-refractivity contribution in [3.05, 3.63) is 109 Å². The normalized spacial score (nSPS) is 12.4. The molecule has 0 saturated carbocycles. The number of rotatable bonds is 4. The fraction of sp³-hybridized carbons (Fsp3) is 0.111. The molecule has 0 saturated heterocycles. The fourth-order valence-corrected chi connectivity index (χ4v) is 5.50. The van der Waals surface area contributed by atoms with Gasteiger partial charge in [-0.2, -0.15) is 0 Å². The molecule has 0 aliphatic carbocycles. The van der Waals surface area contributed by atoms with E-state index in [9.17, 15) is 9.59 Å². The first kappa shape index (κ1) is 23.4. The monoisotopic (exact) mass is 522 g/mol. The molecule has 35 heavy (non-hydrogen) atoms. The molecule has 1 aliphatic heterocycles. The zero-order valence-corrected chi connectivity index (χ0v) is 21.0. The minimum absolute atomic E-state index is 0.196. The van der Waals surface area contributed by atoms with Gasteiger partial charge in [0.1, 0.15) is 5.75 Å². The molecule has 176 valence electrons. The van der Waals surface area contributed by atoms with Crippen molar-refractivity contribution < 1.29 is 14.3 Å². The first-order chi connectivity index (χ1) is 16.9. The lowest BCUT2D eigenvalue weighted by Gasteiger charge is -2.24. The van der Waals surface area contributed by atoms with Crippen LogP contribution in [-0.4, -0.2) is 18.9 Å². The summed E-state index contributed by atoms with van der Waals surface area (Å²) in [5.74, 6) is -0.209. The number of amides is 2. The number of halogens is 2. The van der Waals surface area contributed by atoms with Crippen molar-refractivity contribution >= 4 is 57.7 Å². The van der Waals surface area contributed by atoms with E-state index in [0.717, 1.165) is 23.2 Å². The summed E-state index contributed by atoms with van der Waals surface area (Å²) in [5.41, 5.74) is 4.27. The smallest absolute Gasteiger partial charge is 0.260 e. The Labute approximate surface area is 216 Å². The van der Waals surface area contributed by atoms with Gasteiger partial charge in [-0.15, -0.1) is 11.3 Å². The summed E-state index contributed by atoms with van der Waals surface area (Å²) in [6.45, 7) is 0.472. The molecule has 2 heterocycles. The highest BCUT2D eigenvalue weighted by atomic mass is 35.5. The minimum Gasteiger partial charge on any atom is -0.496 e. The fourth-order valence-electron chi connectivity index (χ4n) is 4.16. The molecule has 5 nitrogen and oxygen atoms in total. The summed E-state index contributed by atoms with van der Waals surface area (Å²) in [6, 6.07) is 19.7. The Morgan fingerprint density at radius 3 is 2.57 bits per heavy atom. The number of thiophene rings is 1. The number of hydrogen-bond acceptors (Lipinski definition) is 4. The molecule has 5 rings (SSSR count). The summed E-state index contributed by atoms with van der Waals surface area (Å²) in [5, 5.41) is 5.58. The van der Waals surface area contributed by atoms with Crippen molar-refractivity contribution in [3.63, 3.8) is 0 Å². The van der Waals surface area contributed by atoms with Crippen molar-refractivity contribution in [3.8, 4) is 5.75 Å². The number of nitrogens with zero attached hydrogens (tertiary/aromatic N) is 1. The third-order valence-electron chi connectivity index (χ3n) is 5.91. The molecule has 0 fully saturated rings. The van der Waals surface area contributed by atoms with E-state index in [0.29, 0.717) is 34.1 Å². The average Bonchev–Trinajstić information content (AvgIpc) is 3.22. The van der Waals surface area contributed by atoms with Crippen LogP contribution in [0.25, 0.3) is 0 Å². The van der Waals surface area contributed by atoms with Gasteiger partial charge < -0.3 is 15.0 Å². The lowest BCUT2D eigenvalue weighted by Crippen LogP contribution is -2.30. The molecule has 0 bridgehead atoms. The van der Waals surface area contributed by atoms with Gasteiger partial charge in [0.2, 0.25) is 0 Å². The molecule has 2 amide bonds. The Morgan fingerprint density at radius 2 is 1.77 bits per heavy atom. The van der Waals surface area contributed by atoms with Gasteiger partial charge in [-0.3, -0.25) is 9.59 Å². The van der Waals surface area contributed by atoms with Crippen LogP contribution in [0.4, 0.5) is 11.4 Å². The molecule has 1 aliphatic rings. The van der Waals surface area contributed by atoms with E-state index in [1.54, 1.807) is 52.6 Å². The zero-order valence-electron chi connectivity index (χ0n) is 18.7. The van der Waals surface area contributed by atoms with Gasteiger partial charge >= 0.3 is 0 Å². The number of carbonyl (C=O) groups excluding carboxylic acids is 2. The summed E-state index contributed by atoms with van der Waals surface area (Å²) in [4.78, 5) is 29.5. The highest BCUT2D eigenvalue weighted by Crippen LogP contribution is 2.35. The highest BCUT2D eigenvalue weighted by Gasteiger charge is 2.27. The van der Waals surface area contributed by atoms with Crippen LogP contribution in [0.15, 0.2) is 72.1 Å². The number of ether oxygens (including phenoxy) is 1. The van der Waals surface area contributed by atoms with Crippen LogP contribution in [-0.2, 0) is 13.0 Å². The van der Waals surface area contributed by atoms with Gasteiger partial charge in [0.05, 0.1) is 29.8 Å². The second-order valence-corrected chi connectivity index (χ2v) is 9.90. The zero-order chi connectivity index (χ0) is 24.5. The Kier molecular flexibility index (Phi) is 6.52. The van der Waals surface area contributed by atoms with Crippen LogP contribution in [0.2, 0.25) is 10.0 Å². The molecule has 4 aromatic rings. The van der Waals surface area contributed by atoms with E-state index in [-0.39, 0.29) is 16.8 Å². The summed E-state index contributed by atoms with van der Waals surface area (Å²) in [6.07, 6.45) is 0.791. The summed E-state index contributed by atoms with van der Waals surface area (Å²) < 4.78 is 5.26. The van der Waals surface area contributed by atoms with Gasteiger partial charge in [-0.25, -0.2) is 0 Å². The Morgan fingerprint density at radius 1 is 0.971 bits per heavy atom. The number of para-hydroxylation sites is 1. The minimum atomic E-state index is -0.375. The molecule has 0 spiro atoms. The first-order valence-corrected chi connectivity index (χ1v) is 12.5. The molecular formula is C27H20Cl2N2O3S. The van der Waals surface area contributed by atoms with Crippen LogP contribution in [0, 0.1) is 0 Å². The van der Waals surface area contributed by atoms with Crippen LogP contribution in [0.5, 0.6) is 5.75 Å². The maximum atomic E-state index is 13.7. The molecular weight excluding hydrogens is 503 g/mol. The maximum Gasteiger partial charge on any atom is 0.260 e. The summed E-state index contributed by atoms with van der Waals surface area (Å²) in [7, 11) is 1.47. The van der Waals surface area contributed by atoms with Gasteiger partial charge in [-0.05, 0) is 65.0 Å². The van der Waals surface area contributed by atoms with Crippen molar-refractivity contribution in [2.75, 3.05) is 17.3 Å². The van der Waals surface area contributed by atoms with Crippen molar-refractivity contribution in [2.45, 2.75) is 13.0 Å². The van der Waals surface area contributed by atoms with Crippen LogP contribution in [0.1, 0.15) is 36.7 Å². The Bertz CT molecular complexity index is 1450. The lowest BCUT2D eigenvalue weighted by atomic mass is 10.1. The van der Waals surface area contributed by atoms with Gasteiger partial charge in [0.15, 0.2) is 0 Å². The Hall–Kier alpha value is -3.32. The van der Waals surface area contributed by atoms with E-state index in [2.05, 4.69) is 22.8 Å². The quantitative estimate of drug-likeness (QED) is 0.311. The van der Waals surface area contributed by atoms with Crippen LogP contribution in [0.3, 0.4) is 0 Å². The maximum absolute atomic E-state index is 13.7. The molecule has 1 N–H and O–H groups in total. The predicted octanol–water partition coefficient (Wildman–Crippen LogP) is 7.07. The number of carbonyl (C=O) groups is 2. The molecule has 0 atom stereocenters. The number of anilines is 2. The summed E-state index contributed by atoms with van der Waals surface area (Å²) >= 11 is 14.3. The van der Waals surface area contributed by atoms with E-state index < -0.39 is 0 Å². The van der Waals surface area contributed by atoms with E-state index in [1.165, 1.54) is 12.0 Å². The molecule has 3 aromatic carbocycles. The predicted molar refractivity (Wildman–Crippen MR) is 141 cm³/mol. The first-order valence-electron chi connectivity index (χ1n) is 10.8. The molecule has 1 aromatic heterocycles. The Balaban J connectivity index is 1.42. The number of nitrogens with one attached hydrogen (secondary N) is 1. The van der Waals surface area contributed by atoms with Gasteiger partial charge in [0.25, 0.3) is 11.8 Å². The second-order valence-electron chi connectivity index (χ2n) is 8.06. The highest BCUT2D eigenvalue weighted by molar-refractivity contribution is 7.10. The van der Waals surface area contributed by atoms with Crippen LogP contribution < -0.4 is 15.0 Å². The molecule has 0 radical (unpaired) electrons. The van der Waals surface area contributed by atoms with Crippen molar-refractivity contribution in [1.82, 2.24) is 0 Å². The van der Waals surface area contributed by atoms with Gasteiger partial charge in [0, 0.05) is 27.7 Å². The van der Waals surface area contributed by atoms with Crippen molar-refractivity contribution in [2.24, 2.45) is 0 Å². The van der Waals surface area contributed by atoms with Crippen LogP contribution >= 0.6 is 34.5 Å². The topological polar surface area (TPSA) is 58.6 Å². The number of benzene rings is 3. The third kappa shape index (κ3) is 4.65. The number of hydrogen-bond donors (Lipinski definition) is 1. The van der Waals surface area contributed by atoms with E-state index in [1.807, 2.05) is 18.2 Å². The third-order valence-corrected chi connectivity index (χ3v) is 7.42. The number of methoxy groups -OCH3 is 1.